The largest absolute Gasteiger partial charge is 0.274 e. The van der Waals surface area contributed by atoms with Crippen LogP contribution in [0.2, 0.25) is 0 Å². The van der Waals surface area contributed by atoms with Crippen LogP contribution in [-0.4, -0.2) is 64.6 Å². The van der Waals surface area contributed by atoms with E-state index in [0.29, 0.717) is 35.1 Å². The summed E-state index contributed by atoms with van der Waals surface area (Å²) in [5.41, 5.74) is 1.55. The van der Waals surface area contributed by atoms with Gasteiger partial charge in [0, 0.05) is 26.2 Å². The molecule has 4 amide bonds. The first-order chi connectivity index (χ1) is 15.0. The van der Waals surface area contributed by atoms with Gasteiger partial charge in [0.1, 0.15) is 0 Å². The summed E-state index contributed by atoms with van der Waals surface area (Å²) in [6, 6.07) is 13.3. The van der Waals surface area contributed by atoms with Crippen molar-refractivity contribution in [1.82, 2.24) is 14.8 Å². The molecule has 0 N–H and O–H groups in total. The maximum Gasteiger partial charge on any atom is 0.261 e. The Morgan fingerprint density at radius 2 is 0.935 bits per heavy atom. The topological polar surface area (TPSA) is 107 Å². The van der Waals surface area contributed by atoms with E-state index in [1.165, 1.54) is 14.8 Å². The van der Waals surface area contributed by atoms with E-state index in [9.17, 15) is 24.1 Å². The minimum atomic E-state index is -0.336. The van der Waals surface area contributed by atoms with Gasteiger partial charge < -0.3 is 0 Å². The maximum atomic E-state index is 12.4. The molecular formula is C22H20N4O5. The average Bonchev–Trinajstić information content (AvgIpc) is 3.18. The molecule has 2 aromatic carbocycles. The van der Waals surface area contributed by atoms with Gasteiger partial charge in [-0.15, -0.1) is 4.91 Å². The molecule has 2 aliphatic rings. The van der Waals surface area contributed by atoms with E-state index >= 15 is 0 Å². The molecule has 2 aromatic rings. The van der Waals surface area contributed by atoms with Gasteiger partial charge in [0.15, 0.2) is 0 Å². The number of carbonyl (C=O) groups excluding carboxylic acids is 4. The Morgan fingerprint density at radius 1 is 0.613 bits per heavy atom. The molecule has 0 radical (unpaired) electrons. The zero-order chi connectivity index (χ0) is 22.0. The quantitative estimate of drug-likeness (QED) is 0.350. The van der Waals surface area contributed by atoms with Crippen molar-refractivity contribution in [2.24, 2.45) is 5.29 Å². The molecule has 0 aromatic heterocycles. The molecule has 0 fully saturated rings. The van der Waals surface area contributed by atoms with E-state index in [-0.39, 0.29) is 49.8 Å². The number of carbonyl (C=O) groups is 4. The first-order valence-corrected chi connectivity index (χ1v) is 10.0. The summed E-state index contributed by atoms with van der Waals surface area (Å²) < 4.78 is 0. The van der Waals surface area contributed by atoms with Gasteiger partial charge in [-0.1, -0.05) is 24.3 Å². The second-order valence-electron chi connectivity index (χ2n) is 7.36. The average molecular weight is 420 g/mol. The Bertz CT molecular complexity index is 932. The van der Waals surface area contributed by atoms with Crippen molar-refractivity contribution in [3.8, 4) is 0 Å². The summed E-state index contributed by atoms with van der Waals surface area (Å²) in [4.78, 5) is 63.0. The van der Waals surface area contributed by atoms with E-state index in [1.807, 2.05) is 0 Å². The highest BCUT2D eigenvalue weighted by Crippen LogP contribution is 2.23. The van der Waals surface area contributed by atoms with Crippen LogP contribution in [0.3, 0.4) is 0 Å². The Morgan fingerprint density at radius 3 is 1.23 bits per heavy atom. The minimum absolute atomic E-state index is 0.177. The van der Waals surface area contributed by atoms with Gasteiger partial charge in [0.25, 0.3) is 23.6 Å². The molecular weight excluding hydrogens is 400 g/mol. The van der Waals surface area contributed by atoms with Gasteiger partial charge in [-0.25, -0.2) is 0 Å². The van der Waals surface area contributed by atoms with Gasteiger partial charge >= 0.3 is 0 Å². The van der Waals surface area contributed by atoms with Crippen molar-refractivity contribution in [3.63, 3.8) is 0 Å². The maximum absolute atomic E-state index is 12.4. The van der Waals surface area contributed by atoms with Crippen LogP contribution in [0.4, 0.5) is 0 Å². The molecule has 31 heavy (non-hydrogen) atoms. The first kappa shape index (κ1) is 20.4. The molecule has 4 rings (SSSR count). The van der Waals surface area contributed by atoms with Crippen molar-refractivity contribution < 1.29 is 19.2 Å². The highest BCUT2D eigenvalue weighted by molar-refractivity contribution is 6.22. The molecule has 158 valence electrons. The third kappa shape index (κ3) is 3.70. The predicted molar refractivity (Wildman–Crippen MR) is 110 cm³/mol. The molecule has 0 unspecified atom stereocenters. The van der Waals surface area contributed by atoms with Crippen molar-refractivity contribution in [2.75, 3.05) is 26.2 Å². The van der Waals surface area contributed by atoms with Gasteiger partial charge in [0.05, 0.1) is 27.5 Å². The van der Waals surface area contributed by atoms with Gasteiger partial charge in [-0.3, -0.25) is 34.0 Å². The number of amides is 4. The standard InChI is InChI=1S/C22H20N4O5/c27-19-15-7-1-2-8-16(15)20(28)25(19)13-5-11-24(23-31)12-6-14-26-21(29)17-9-3-4-10-18(17)22(26)30/h1-4,7-10H,5-6,11-14H2. The lowest BCUT2D eigenvalue weighted by atomic mass is 10.1. The summed E-state index contributed by atoms with van der Waals surface area (Å²) in [6.45, 7) is 0.853. The van der Waals surface area contributed by atoms with Crippen molar-refractivity contribution in [2.45, 2.75) is 12.8 Å². The number of hydrogen-bond acceptors (Lipinski definition) is 6. The molecule has 2 aliphatic heterocycles. The zero-order valence-electron chi connectivity index (χ0n) is 16.7. The fourth-order valence-electron chi connectivity index (χ4n) is 3.90. The van der Waals surface area contributed by atoms with Crippen molar-refractivity contribution in [1.29, 1.82) is 0 Å². The van der Waals surface area contributed by atoms with E-state index in [0.717, 1.165) is 0 Å². The van der Waals surface area contributed by atoms with Crippen LogP contribution in [0.15, 0.2) is 53.8 Å². The molecule has 0 spiro atoms. The lowest BCUT2D eigenvalue weighted by Crippen LogP contribution is -2.34. The number of imide groups is 2. The van der Waals surface area contributed by atoms with Gasteiger partial charge in [-0.2, -0.15) is 0 Å². The summed E-state index contributed by atoms with van der Waals surface area (Å²) >= 11 is 0. The molecule has 0 atom stereocenters. The van der Waals surface area contributed by atoms with Crippen LogP contribution >= 0.6 is 0 Å². The third-order valence-electron chi connectivity index (χ3n) is 5.47. The molecule has 9 heteroatoms. The van der Waals surface area contributed by atoms with Gasteiger partial charge in [0.2, 0.25) is 0 Å². The van der Waals surface area contributed by atoms with Crippen LogP contribution in [0, 0.1) is 4.91 Å². The fraction of sp³-hybridized carbons (Fsp3) is 0.273. The van der Waals surface area contributed by atoms with Crippen LogP contribution in [0.1, 0.15) is 54.3 Å². The monoisotopic (exact) mass is 420 g/mol. The second-order valence-corrected chi connectivity index (χ2v) is 7.36. The van der Waals surface area contributed by atoms with Crippen molar-refractivity contribution in [3.05, 3.63) is 75.7 Å². The lowest BCUT2D eigenvalue weighted by Gasteiger charge is -2.19. The number of hydrogen-bond donors (Lipinski definition) is 0. The number of fused-ring (bicyclic) bond motifs is 2. The van der Waals surface area contributed by atoms with E-state index in [1.54, 1.807) is 48.5 Å². The molecule has 9 nitrogen and oxygen atoms in total. The highest BCUT2D eigenvalue weighted by atomic mass is 16.3. The molecule has 0 saturated carbocycles. The van der Waals surface area contributed by atoms with E-state index in [2.05, 4.69) is 5.29 Å². The number of nitrogens with zero attached hydrogens (tertiary/aromatic N) is 4. The summed E-state index contributed by atoms with van der Waals surface area (Å²) in [6.07, 6.45) is 0.758. The molecule has 0 aliphatic carbocycles. The SMILES string of the molecule is O=NN(CCCN1C(=O)c2ccccc2C1=O)CCCN1C(=O)c2ccccc2C1=O. The number of rotatable bonds is 9. The molecule has 2 heterocycles. The first-order valence-electron chi connectivity index (χ1n) is 10.0. The predicted octanol–water partition coefficient (Wildman–Crippen LogP) is 2.34. The normalized spacial score (nSPS) is 14.8. The minimum Gasteiger partial charge on any atom is -0.274 e. The Labute approximate surface area is 178 Å². The summed E-state index contributed by atoms with van der Waals surface area (Å²) in [7, 11) is 0. The lowest BCUT2D eigenvalue weighted by molar-refractivity contribution is 0.0640. The summed E-state index contributed by atoms with van der Waals surface area (Å²) in [5, 5.41) is 4.25. The van der Waals surface area contributed by atoms with E-state index < -0.39 is 0 Å². The highest BCUT2D eigenvalue weighted by Gasteiger charge is 2.35. The van der Waals surface area contributed by atoms with Crippen LogP contribution in [0.25, 0.3) is 0 Å². The third-order valence-corrected chi connectivity index (χ3v) is 5.47. The second kappa shape index (κ2) is 8.47. The molecule has 0 saturated heterocycles. The van der Waals surface area contributed by atoms with E-state index in [4.69, 9.17) is 0 Å². The number of nitroso groups, excluding NO2 is 1. The molecule has 0 bridgehead atoms. The number of benzene rings is 2. The van der Waals surface area contributed by atoms with Crippen LogP contribution in [0.5, 0.6) is 0 Å². The van der Waals surface area contributed by atoms with Crippen molar-refractivity contribution >= 4 is 23.6 Å². The summed E-state index contributed by atoms with van der Waals surface area (Å²) in [5.74, 6) is -1.35. The van der Waals surface area contributed by atoms with Crippen LogP contribution in [-0.2, 0) is 0 Å². The Hall–Kier alpha value is -3.88. The zero-order valence-corrected chi connectivity index (χ0v) is 16.7. The van der Waals surface area contributed by atoms with Gasteiger partial charge in [-0.05, 0) is 37.1 Å². The fourth-order valence-corrected chi connectivity index (χ4v) is 3.90. The Kier molecular flexibility index (Phi) is 5.57. The smallest absolute Gasteiger partial charge is 0.261 e. The Balaban J connectivity index is 1.25. The van der Waals surface area contributed by atoms with Crippen LogP contribution < -0.4 is 0 Å².